The summed E-state index contributed by atoms with van der Waals surface area (Å²) in [5.41, 5.74) is 4.02. The zero-order valence-corrected chi connectivity index (χ0v) is 22.9. The number of fused-ring (bicyclic) bond motifs is 1. The number of carbonyl (C=O) groups is 3. The van der Waals surface area contributed by atoms with E-state index in [1.165, 1.54) is 24.1 Å². The lowest BCUT2D eigenvalue weighted by Crippen LogP contribution is -2.52. The van der Waals surface area contributed by atoms with Crippen molar-refractivity contribution in [1.82, 2.24) is 20.1 Å². The Morgan fingerprint density at radius 2 is 1.73 bits per heavy atom. The first-order chi connectivity index (χ1) is 19.4. The normalized spacial score (nSPS) is 24.3. The first-order valence-corrected chi connectivity index (χ1v) is 14.4. The number of nitrogens with one attached hydrogen (secondary N) is 1. The van der Waals surface area contributed by atoms with E-state index in [0.717, 1.165) is 57.0 Å². The maximum atomic E-state index is 13.0. The number of likely N-dealkylation sites (tertiary alicyclic amines) is 1. The van der Waals surface area contributed by atoms with E-state index in [-0.39, 0.29) is 18.2 Å². The van der Waals surface area contributed by atoms with E-state index in [9.17, 15) is 14.4 Å². The number of piperazine rings is 1. The Balaban J connectivity index is 1.05. The van der Waals surface area contributed by atoms with E-state index >= 15 is 0 Å². The van der Waals surface area contributed by atoms with Crippen molar-refractivity contribution < 1.29 is 19.1 Å². The predicted molar refractivity (Wildman–Crippen MR) is 150 cm³/mol. The topological polar surface area (TPSA) is 111 Å². The molecule has 1 unspecified atom stereocenters. The summed E-state index contributed by atoms with van der Waals surface area (Å²) in [4.78, 5) is 43.3. The van der Waals surface area contributed by atoms with Gasteiger partial charge in [0.1, 0.15) is 18.4 Å². The first kappa shape index (κ1) is 26.7. The molecule has 2 atom stereocenters. The predicted octanol–water partition coefficient (Wildman–Crippen LogP) is 1.88. The molecule has 3 N–H and O–H groups in total. The van der Waals surface area contributed by atoms with Crippen LogP contribution >= 0.6 is 0 Å². The summed E-state index contributed by atoms with van der Waals surface area (Å²) < 4.78 is 6.28. The van der Waals surface area contributed by atoms with E-state index in [2.05, 4.69) is 39.4 Å². The average Bonchev–Trinajstić information content (AvgIpc) is 3.28. The van der Waals surface area contributed by atoms with Gasteiger partial charge in [0.15, 0.2) is 0 Å². The SMILES string of the molecule is NN1CCN(c2ccc(CN3CCCC[C@@H]3COc3ccc4c(c3)CN(C3CCC(=O)NC3=O)C4=O)cc2)CC1. The smallest absolute Gasteiger partial charge is 0.255 e. The number of nitrogens with two attached hydrogens (primary N) is 1. The molecule has 10 nitrogen and oxygen atoms in total. The fraction of sp³-hybridized carbons (Fsp3) is 0.500. The number of amides is 3. The Morgan fingerprint density at radius 3 is 2.50 bits per heavy atom. The standard InChI is InChI=1S/C30H38N6O4/c31-35-15-13-33(14-16-35)23-6-4-21(5-7-23)18-34-12-2-1-3-24(34)20-40-25-8-9-26-22(17-25)19-36(30(26)39)27-10-11-28(37)32-29(27)38/h4-9,17,24,27H,1-3,10-16,18-20,31H2,(H,32,37,38)/t24-,27?/m1/s1. The van der Waals surface area contributed by atoms with Crippen molar-refractivity contribution in [3.8, 4) is 5.75 Å². The first-order valence-electron chi connectivity index (χ1n) is 14.4. The highest BCUT2D eigenvalue weighted by Crippen LogP contribution is 2.31. The largest absolute Gasteiger partial charge is 0.492 e. The van der Waals surface area contributed by atoms with Crippen molar-refractivity contribution >= 4 is 23.4 Å². The molecule has 3 fully saturated rings. The van der Waals surface area contributed by atoms with Crippen molar-refractivity contribution in [2.24, 2.45) is 5.84 Å². The number of benzene rings is 2. The van der Waals surface area contributed by atoms with E-state index in [0.29, 0.717) is 31.2 Å². The molecule has 0 aromatic heterocycles. The Bertz CT molecular complexity index is 1260. The molecule has 0 aliphatic carbocycles. The number of rotatable bonds is 7. The van der Waals surface area contributed by atoms with Crippen LogP contribution in [0.1, 0.15) is 53.6 Å². The summed E-state index contributed by atoms with van der Waals surface area (Å²) in [6.07, 6.45) is 4.08. The number of anilines is 1. The van der Waals surface area contributed by atoms with Crippen molar-refractivity contribution in [2.45, 2.75) is 57.3 Å². The third kappa shape index (κ3) is 5.70. The Labute approximate surface area is 235 Å². The minimum atomic E-state index is -0.608. The molecule has 40 heavy (non-hydrogen) atoms. The number of piperidine rings is 2. The lowest BCUT2D eigenvalue weighted by atomic mass is 10.0. The van der Waals surface area contributed by atoms with Crippen LogP contribution in [-0.4, -0.2) is 83.9 Å². The molecule has 4 aliphatic heterocycles. The summed E-state index contributed by atoms with van der Waals surface area (Å²) in [5, 5.41) is 4.23. The van der Waals surface area contributed by atoms with Gasteiger partial charge >= 0.3 is 0 Å². The molecule has 4 aliphatic rings. The molecule has 212 valence electrons. The second-order valence-electron chi connectivity index (χ2n) is 11.3. The van der Waals surface area contributed by atoms with Gasteiger partial charge in [-0.2, -0.15) is 0 Å². The Hall–Kier alpha value is -3.47. The van der Waals surface area contributed by atoms with Gasteiger partial charge < -0.3 is 14.5 Å². The third-order valence-corrected chi connectivity index (χ3v) is 8.69. The lowest BCUT2D eigenvalue weighted by Gasteiger charge is -2.36. The van der Waals surface area contributed by atoms with Crippen molar-refractivity contribution in [2.75, 3.05) is 44.2 Å². The van der Waals surface area contributed by atoms with E-state index in [4.69, 9.17) is 10.6 Å². The van der Waals surface area contributed by atoms with Crippen LogP contribution in [-0.2, 0) is 22.7 Å². The monoisotopic (exact) mass is 546 g/mol. The molecule has 4 heterocycles. The van der Waals surface area contributed by atoms with Crippen LogP contribution in [0.25, 0.3) is 0 Å². The van der Waals surface area contributed by atoms with Gasteiger partial charge in [-0.1, -0.05) is 18.6 Å². The molecule has 3 amide bonds. The molecular weight excluding hydrogens is 508 g/mol. The zero-order valence-electron chi connectivity index (χ0n) is 22.9. The van der Waals surface area contributed by atoms with Crippen LogP contribution in [0.3, 0.4) is 0 Å². The van der Waals surface area contributed by atoms with Gasteiger partial charge in [0.2, 0.25) is 11.8 Å². The van der Waals surface area contributed by atoms with Crippen LogP contribution < -0.4 is 20.8 Å². The fourth-order valence-electron chi connectivity index (χ4n) is 6.32. The van der Waals surface area contributed by atoms with Crippen molar-refractivity contribution in [3.05, 3.63) is 59.2 Å². The number of hydrazine groups is 1. The van der Waals surface area contributed by atoms with Gasteiger partial charge in [0, 0.05) is 63.0 Å². The number of nitrogens with zero attached hydrogens (tertiary/aromatic N) is 4. The van der Waals surface area contributed by atoms with Crippen LogP contribution in [0.15, 0.2) is 42.5 Å². The summed E-state index contributed by atoms with van der Waals surface area (Å²) in [7, 11) is 0. The van der Waals surface area contributed by atoms with Crippen LogP contribution in [0.4, 0.5) is 5.69 Å². The number of ether oxygens (including phenoxy) is 1. The van der Waals surface area contributed by atoms with Crippen molar-refractivity contribution in [1.29, 1.82) is 0 Å². The molecular formula is C30H38N6O4. The summed E-state index contributed by atoms with van der Waals surface area (Å²) in [5.74, 6) is 5.80. The average molecular weight is 547 g/mol. The maximum absolute atomic E-state index is 13.0. The van der Waals surface area contributed by atoms with Crippen LogP contribution in [0.2, 0.25) is 0 Å². The zero-order chi connectivity index (χ0) is 27.6. The number of hydrogen-bond acceptors (Lipinski definition) is 8. The lowest BCUT2D eigenvalue weighted by molar-refractivity contribution is -0.136. The Morgan fingerprint density at radius 1 is 0.925 bits per heavy atom. The van der Waals surface area contributed by atoms with Gasteiger partial charge in [-0.3, -0.25) is 30.4 Å². The molecule has 0 saturated carbocycles. The van der Waals surface area contributed by atoms with Crippen LogP contribution in [0.5, 0.6) is 5.75 Å². The van der Waals surface area contributed by atoms with Crippen LogP contribution in [0, 0.1) is 0 Å². The second-order valence-corrected chi connectivity index (χ2v) is 11.3. The third-order valence-electron chi connectivity index (χ3n) is 8.69. The molecule has 3 saturated heterocycles. The summed E-state index contributed by atoms with van der Waals surface area (Å²) in [6.45, 7) is 6.56. The van der Waals surface area contributed by atoms with Gasteiger partial charge in [0.05, 0.1) is 0 Å². The van der Waals surface area contributed by atoms with Crippen molar-refractivity contribution in [3.63, 3.8) is 0 Å². The molecule has 10 heteroatoms. The molecule has 0 radical (unpaired) electrons. The van der Waals surface area contributed by atoms with E-state index < -0.39 is 11.9 Å². The van der Waals surface area contributed by atoms with Gasteiger partial charge in [-0.15, -0.1) is 0 Å². The maximum Gasteiger partial charge on any atom is 0.255 e. The molecule has 2 aromatic rings. The van der Waals surface area contributed by atoms with Gasteiger partial charge in [0.25, 0.3) is 5.91 Å². The minimum absolute atomic E-state index is 0.165. The van der Waals surface area contributed by atoms with Gasteiger partial charge in [-0.25, -0.2) is 5.01 Å². The molecule has 6 rings (SSSR count). The highest BCUT2D eigenvalue weighted by molar-refractivity contribution is 6.05. The second kappa shape index (κ2) is 11.6. The minimum Gasteiger partial charge on any atom is -0.492 e. The summed E-state index contributed by atoms with van der Waals surface area (Å²) >= 11 is 0. The number of carbonyl (C=O) groups excluding carboxylic acids is 3. The number of hydrogen-bond donors (Lipinski definition) is 2. The highest BCUT2D eigenvalue weighted by atomic mass is 16.5. The quantitative estimate of drug-likeness (QED) is 0.400. The molecule has 0 spiro atoms. The Kier molecular flexibility index (Phi) is 7.73. The fourth-order valence-corrected chi connectivity index (χ4v) is 6.32. The molecule has 2 aromatic carbocycles. The van der Waals surface area contributed by atoms with E-state index in [1.807, 2.05) is 17.1 Å². The van der Waals surface area contributed by atoms with Gasteiger partial charge in [-0.05, 0) is 67.3 Å². The number of imide groups is 1. The van der Waals surface area contributed by atoms with E-state index in [1.54, 1.807) is 11.0 Å². The summed E-state index contributed by atoms with van der Waals surface area (Å²) in [6, 6.07) is 14.2. The highest BCUT2D eigenvalue weighted by Gasteiger charge is 2.39. The molecule has 0 bridgehead atoms.